The van der Waals surface area contributed by atoms with Crippen LogP contribution >= 0.6 is 0 Å². The monoisotopic (exact) mass is 202 g/mol. The van der Waals surface area contributed by atoms with E-state index in [0.29, 0.717) is 6.04 Å². The average molecular weight is 202 g/mol. The second kappa shape index (κ2) is 6.38. The minimum atomic E-state index is -0.0490. The van der Waals surface area contributed by atoms with Crippen molar-refractivity contribution in [3.8, 4) is 0 Å². The van der Waals surface area contributed by atoms with Gasteiger partial charge in [-0.1, -0.05) is 13.8 Å². The minimum Gasteiger partial charge on any atom is -0.377 e. The van der Waals surface area contributed by atoms with E-state index in [2.05, 4.69) is 45.0 Å². The Bertz CT molecular complexity index is 146. The molecule has 86 valence electrons. The highest BCUT2D eigenvalue weighted by atomic mass is 16.5. The average Bonchev–Trinajstić information content (AvgIpc) is 2.02. The smallest absolute Gasteiger partial charge is 0.0748 e. The van der Waals surface area contributed by atoms with Gasteiger partial charge in [0.15, 0.2) is 0 Å². The number of likely N-dealkylation sites (N-methyl/N-ethyl adjacent to an activating group) is 1. The third kappa shape index (κ3) is 7.30. The Morgan fingerprint density at radius 1 is 1.36 bits per heavy atom. The molecule has 1 N–H and O–H groups in total. The molecule has 0 amide bonds. The highest BCUT2D eigenvalue weighted by molar-refractivity contribution is 4.72. The van der Waals surface area contributed by atoms with Gasteiger partial charge in [0.05, 0.1) is 5.60 Å². The molecule has 0 atom stereocenters. The largest absolute Gasteiger partial charge is 0.377 e. The molecule has 0 aromatic heterocycles. The molecule has 0 unspecified atom stereocenters. The molecule has 14 heavy (non-hydrogen) atoms. The Morgan fingerprint density at radius 2 is 1.93 bits per heavy atom. The first-order chi connectivity index (χ1) is 6.37. The summed E-state index contributed by atoms with van der Waals surface area (Å²) in [6.45, 7) is 11.6. The lowest BCUT2D eigenvalue weighted by molar-refractivity contribution is -0.00171. The Labute approximate surface area is 88.8 Å². The Morgan fingerprint density at radius 3 is 2.36 bits per heavy atom. The topological polar surface area (TPSA) is 24.5 Å². The van der Waals surface area contributed by atoms with Crippen LogP contribution in [0.15, 0.2) is 0 Å². The van der Waals surface area contributed by atoms with E-state index < -0.39 is 0 Å². The molecule has 0 fully saturated rings. The number of hydrogen-bond donors (Lipinski definition) is 1. The van der Waals surface area contributed by atoms with Gasteiger partial charge in [-0.15, -0.1) is 0 Å². The van der Waals surface area contributed by atoms with Crippen molar-refractivity contribution in [3.05, 3.63) is 0 Å². The summed E-state index contributed by atoms with van der Waals surface area (Å²) in [6, 6.07) is 0.568. The van der Waals surface area contributed by atoms with Crippen molar-refractivity contribution in [1.29, 1.82) is 0 Å². The minimum absolute atomic E-state index is 0.0490. The first kappa shape index (κ1) is 13.9. The number of ether oxygens (including phenoxy) is 1. The standard InChI is InChI=1S/C11H26N2O/c1-10(2)12-7-8-13(5)9-11(3,4)14-6/h10,12H,7-9H2,1-6H3. The Kier molecular flexibility index (Phi) is 6.33. The third-order valence-corrected chi connectivity index (χ3v) is 2.25. The zero-order valence-electron chi connectivity index (χ0n) is 10.6. The van der Waals surface area contributed by atoms with Crippen LogP contribution in [-0.4, -0.2) is 50.3 Å². The maximum atomic E-state index is 5.37. The highest BCUT2D eigenvalue weighted by Crippen LogP contribution is 2.08. The van der Waals surface area contributed by atoms with E-state index in [1.54, 1.807) is 7.11 Å². The van der Waals surface area contributed by atoms with E-state index in [9.17, 15) is 0 Å². The fourth-order valence-electron chi connectivity index (χ4n) is 1.34. The summed E-state index contributed by atoms with van der Waals surface area (Å²) in [5.41, 5.74) is -0.0490. The van der Waals surface area contributed by atoms with Gasteiger partial charge in [0, 0.05) is 32.8 Å². The van der Waals surface area contributed by atoms with Gasteiger partial charge >= 0.3 is 0 Å². The Hall–Kier alpha value is -0.120. The summed E-state index contributed by atoms with van der Waals surface area (Å²) < 4.78 is 5.37. The predicted octanol–water partition coefficient (Wildman–Crippen LogP) is 1.34. The van der Waals surface area contributed by atoms with Crippen LogP contribution in [0.4, 0.5) is 0 Å². The molecule has 0 saturated carbocycles. The summed E-state index contributed by atoms with van der Waals surface area (Å²) in [4.78, 5) is 2.29. The van der Waals surface area contributed by atoms with Gasteiger partial charge in [-0.05, 0) is 20.9 Å². The van der Waals surface area contributed by atoms with Gasteiger partial charge in [0.25, 0.3) is 0 Å². The highest BCUT2D eigenvalue weighted by Gasteiger charge is 2.18. The van der Waals surface area contributed by atoms with Crippen molar-refractivity contribution in [2.45, 2.75) is 39.3 Å². The number of nitrogens with one attached hydrogen (secondary N) is 1. The number of methoxy groups -OCH3 is 1. The maximum absolute atomic E-state index is 5.37. The molecule has 0 rings (SSSR count). The van der Waals surface area contributed by atoms with E-state index >= 15 is 0 Å². The number of hydrogen-bond acceptors (Lipinski definition) is 3. The van der Waals surface area contributed by atoms with Crippen LogP contribution in [0, 0.1) is 0 Å². The summed E-state index contributed by atoms with van der Waals surface area (Å²) in [7, 11) is 3.89. The lowest BCUT2D eigenvalue weighted by Crippen LogP contribution is -2.41. The summed E-state index contributed by atoms with van der Waals surface area (Å²) in [6.07, 6.45) is 0. The zero-order chi connectivity index (χ0) is 11.2. The van der Waals surface area contributed by atoms with Crippen LogP contribution < -0.4 is 5.32 Å². The van der Waals surface area contributed by atoms with Crippen LogP contribution in [0.5, 0.6) is 0 Å². The molecule has 0 aromatic rings. The normalized spacial score (nSPS) is 12.9. The van der Waals surface area contributed by atoms with Crippen LogP contribution in [0.2, 0.25) is 0 Å². The lowest BCUT2D eigenvalue weighted by atomic mass is 10.1. The van der Waals surface area contributed by atoms with Gasteiger partial charge < -0.3 is 15.0 Å². The zero-order valence-corrected chi connectivity index (χ0v) is 10.6. The molecular formula is C11H26N2O. The molecule has 0 radical (unpaired) electrons. The van der Waals surface area contributed by atoms with Crippen LogP contribution in [0.25, 0.3) is 0 Å². The summed E-state index contributed by atoms with van der Waals surface area (Å²) in [5.74, 6) is 0. The van der Waals surface area contributed by atoms with Crippen molar-refractivity contribution in [2.24, 2.45) is 0 Å². The molecule has 0 aromatic carbocycles. The summed E-state index contributed by atoms with van der Waals surface area (Å²) in [5, 5.41) is 3.40. The molecule has 0 spiro atoms. The van der Waals surface area contributed by atoms with Crippen molar-refractivity contribution >= 4 is 0 Å². The van der Waals surface area contributed by atoms with Gasteiger partial charge in [-0.3, -0.25) is 0 Å². The van der Waals surface area contributed by atoms with Crippen molar-refractivity contribution in [1.82, 2.24) is 10.2 Å². The van der Waals surface area contributed by atoms with Gasteiger partial charge in [0.2, 0.25) is 0 Å². The van der Waals surface area contributed by atoms with E-state index in [1.807, 2.05) is 0 Å². The molecule has 0 aliphatic heterocycles. The summed E-state index contributed by atoms with van der Waals surface area (Å²) >= 11 is 0. The molecule has 3 nitrogen and oxygen atoms in total. The second-order valence-electron chi connectivity index (χ2n) is 4.81. The predicted molar refractivity (Wildman–Crippen MR) is 61.7 cm³/mol. The molecule has 3 heteroatoms. The maximum Gasteiger partial charge on any atom is 0.0748 e. The number of nitrogens with zero attached hydrogens (tertiary/aromatic N) is 1. The van der Waals surface area contributed by atoms with E-state index in [-0.39, 0.29) is 5.60 Å². The molecule has 0 aliphatic rings. The van der Waals surface area contributed by atoms with Crippen molar-refractivity contribution in [3.63, 3.8) is 0 Å². The second-order valence-corrected chi connectivity index (χ2v) is 4.81. The van der Waals surface area contributed by atoms with E-state index in [1.165, 1.54) is 0 Å². The molecule has 0 aliphatic carbocycles. The van der Waals surface area contributed by atoms with Gasteiger partial charge in [-0.25, -0.2) is 0 Å². The quantitative estimate of drug-likeness (QED) is 0.674. The fourth-order valence-corrected chi connectivity index (χ4v) is 1.34. The van der Waals surface area contributed by atoms with Crippen molar-refractivity contribution < 1.29 is 4.74 Å². The number of rotatable bonds is 7. The van der Waals surface area contributed by atoms with E-state index in [4.69, 9.17) is 4.74 Å². The van der Waals surface area contributed by atoms with Crippen molar-refractivity contribution in [2.75, 3.05) is 33.8 Å². The molecule has 0 saturated heterocycles. The molecular weight excluding hydrogens is 176 g/mol. The van der Waals surface area contributed by atoms with Gasteiger partial charge in [0.1, 0.15) is 0 Å². The fraction of sp³-hybridized carbons (Fsp3) is 1.00. The molecule has 0 bridgehead atoms. The van der Waals surface area contributed by atoms with Crippen LogP contribution in [0.3, 0.4) is 0 Å². The Balaban J connectivity index is 3.60. The van der Waals surface area contributed by atoms with Gasteiger partial charge in [-0.2, -0.15) is 0 Å². The lowest BCUT2D eigenvalue weighted by Gasteiger charge is -2.29. The molecule has 0 heterocycles. The first-order valence-electron chi connectivity index (χ1n) is 5.34. The van der Waals surface area contributed by atoms with Crippen LogP contribution in [0.1, 0.15) is 27.7 Å². The SMILES string of the molecule is COC(C)(C)CN(C)CCNC(C)C. The first-order valence-corrected chi connectivity index (χ1v) is 5.34. The van der Waals surface area contributed by atoms with Crippen LogP contribution in [-0.2, 0) is 4.74 Å². The third-order valence-electron chi connectivity index (χ3n) is 2.25. The van der Waals surface area contributed by atoms with E-state index in [0.717, 1.165) is 19.6 Å².